The van der Waals surface area contributed by atoms with Crippen LogP contribution in [0.1, 0.15) is 28.4 Å². The third-order valence-electron chi connectivity index (χ3n) is 3.28. The number of carbonyl (C=O) groups excluding carboxylic acids is 1. The van der Waals surface area contributed by atoms with Gasteiger partial charge in [0.15, 0.2) is 0 Å². The predicted octanol–water partition coefficient (Wildman–Crippen LogP) is 2.50. The standard InChI is InChI=1S/C14H15N3O.ClH/c15-12-8-11(12)9-3-5-10(6-4-9)17-14(18)13-2-1-7-16-13;/h1-7,11-12,16H,8,15H2,(H,17,18);1H/t11-,12+;/m0./s1. The van der Waals surface area contributed by atoms with E-state index in [1.165, 1.54) is 5.56 Å². The van der Waals surface area contributed by atoms with E-state index < -0.39 is 0 Å². The summed E-state index contributed by atoms with van der Waals surface area (Å²) in [5, 5.41) is 2.84. The SMILES string of the molecule is Cl.N[C@@H]1C[C@H]1c1ccc(NC(=O)c2ccc[nH]2)cc1. The number of benzene rings is 1. The minimum Gasteiger partial charge on any atom is -0.357 e. The summed E-state index contributed by atoms with van der Waals surface area (Å²) in [7, 11) is 0. The van der Waals surface area contributed by atoms with E-state index in [4.69, 9.17) is 5.73 Å². The molecule has 2 aromatic rings. The Morgan fingerprint density at radius 1 is 1.26 bits per heavy atom. The zero-order valence-corrected chi connectivity index (χ0v) is 11.1. The maximum Gasteiger partial charge on any atom is 0.272 e. The molecule has 1 fully saturated rings. The van der Waals surface area contributed by atoms with E-state index in [0.29, 0.717) is 17.7 Å². The monoisotopic (exact) mass is 277 g/mol. The van der Waals surface area contributed by atoms with E-state index in [9.17, 15) is 4.79 Å². The van der Waals surface area contributed by atoms with Gasteiger partial charge in [-0.3, -0.25) is 4.79 Å². The van der Waals surface area contributed by atoms with E-state index in [0.717, 1.165) is 12.1 Å². The van der Waals surface area contributed by atoms with E-state index in [-0.39, 0.29) is 18.3 Å². The molecule has 1 aromatic carbocycles. The molecule has 0 spiro atoms. The summed E-state index contributed by atoms with van der Waals surface area (Å²) >= 11 is 0. The van der Waals surface area contributed by atoms with Crippen molar-refractivity contribution >= 4 is 24.0 Å². The molecule has 0 aliphatic heterocycles. The van der Waals surface area contributed by atoms with Crippen molar-refractivity contribution in [2.24, 2.45) is 5.73 Å². The lowest BCUT2D eigenvalue weighted by Gasteiger charge is -2.05. The normalized spacial score (nSPS) is 20.5. The number of rotatable bonds is 3. The summed E-state index contributed by atoms with van der Waals surface area (Å²) in [6.45, 7) is 0. The summed E-state index contributed by atoms with van der Waals surface area (Å²) in [4.78, 5) is 14.7. The molecule has 1 aliphatic carbocycles. The van der Waals surface area contributed by atoms with Crippen LogP contribution >= 0.6 is 12.4 Å². The zero-order chi connectivity index (χ0) is 12.5. The second-order valence-electron chi connectivity index (χ2n) is 4.67. The molecule has 19 heavy (non-hydrogen) atoms. The number of hydrogen-bond acceptors (Lipinski definition) is 2. The molecule has 1 saturated carbocycles. The van der Waals surface area contributed by atoms with Crippen LogP contribution in [-0.2, 0) is 0 Å². The van der Waals surface area contributed by atoms with Crippen molar-refractivity contribution in [3.05, 3.63) is 53.9 Å². The zero-order valence-electron chi connectivity index (χ0n) is 10.3. The smallest absolute Gasteiger partial charge is 0.272 e. The Bertz CT molecular complexity index is 551. The number of nitrogens with one attached hydrogen (secondary N) is 2. The third-order valence-corrected chi connectivity index (χ3v) is 3.28. The molecule has 2 atom stereocenters. The van der Waals surface area contributed by atoms with Gasteiger partial charge in [0.05, 0.1) is 0 Å². The maximum absolute atomic E-state index is 11.8. The average Bonchev–Trinajstić information content (AvgIpc) is 2.91. The third kappa shape index (κ3) is 2.97. The summed E-state index contributed by atoms with van der Waals surface area (Å²) in [5.74, 6) is 0.369. The van der Waals surface area contributed by atoms with Gasteiger partial charge in [0.25, 0.3) is 5.91 Å². The largest absolute Gasteiger partial charge is 0.357 e. The molecule has 3 rings (SSSR count). The van der Waals surface area contributed by atoms with E-state index in [2.05, 4.69) is 10.3 Å². The Morgan fingerprint density at radius 2 is 1.95 bits per heavy atom. The molecular formula is C14H16ClN3O. The molecule has 5 heteroatoms. The molecule has 0 unspecified atom stereocenters. The van der Waals surface area contributed by atoms with Crippen LogP contribution in [0.5, 0.6) is 0 Å². The molecule has 1 heterocycles. The van der Waals surface area contributed by atoms with E-state index >= 15 is 0 Å². The van der Waals surface area contributed by atoms with Crippen LogP contribution in [0, 0.1) is 0 Å². The minimum absolute atomic E-state index is 0. The molecule has 1 amide bonds. The van der Waals surface area contributed by atoms with Gasteiger partial charge >= 0.3 is 0 Å². The van der Waals surface area contributed by atoms with Crippen LogP contribution < -0.4 is 11.1 Å². The van der Waals surface area contributed by atoms with Gasteiger partial charge in [0, 0.05) is 23.8 Å². The van der Waals surface area contributed by atoms with Crippen LogP contribution in [0.3, 0.4) is 0 Å². The number of carbonyl (C=O) groups is 1. The molecule has 0 bridgehead atoms. The highest BCUT2D eigenvalue weighted by molar-refractivity contribution is 6.02. The maximum atomic E-state index is 11.8. The van der Waals surface area contributed by atoms with Gasteiger partial charge in [0.2, 0.25) is 0 Å². The lowest BCUT2D eigenvalue weighted by Crippen LogP contribution is -2.12. The van der Waals surface area contributed by atoms with Gasteiger partial charge in [-0.25, -0.2) is 0 Å². The van der Waals surface area contributed by atoms with Crippen molar-refractivity contribution < 1.29 is 4.79 Å². The Labute approximate surface area is 117 Å². The molecule has 4 N–H and O–H groups in total. The summed E-state index contributed by atoms with van der Waals surface area (Å²) < 4.78 is 0. The minimum atomic E-state index is -0.129. The number of aromatic nitrogens is 1. The van der Waals surface area contributed by atoms with Gasteiger partial charge in [-0.2, -0.15) is 0 Å². The number of nitrogens with two attached hydrogens (primary N) is 1. The average molecular weight is 278 g/mol. The summed E-state index contributed by atoms with van der Waals surface area (Å²) in [6, 6.07) is 11.7. The van der Waals surface area contributed by atoms with Crippen molar-refractivity contribution in [2.45, 2.75) is 18.4 Å². The van der Waals surface area contributed by atoms with Crippen molar-refractivity contribution in [1.29, 1.82) is 0 Å². The van der Waals surface area contributed by atoms with Gasteiger partial charge in [-0.15, -0.1) is 12.4 Å². The van der Waals surface area contributed by atoms with Gasteiger partial charge in [-0.05, 0) is 36.2 Å². The van der Waals surface area contributed by atoms with Crippen molar-refractivity contribution in [3.8, 4) is 0 Å². The highest BCUT2D eigenvalue weighted by Crippen LogP contribution is 2.39. The number of amides is 1. The molecular weight excluding hydrogens is 262 g/mol. The second kappa shape index (κ2) is 5.47. The first kappa shape index (κ1) is 13.6. The van der Waals surface area contributed by atoms with Crippen LogP contribution in [0.2, 0.25) is 0 Å². The van der Waals surface area contributed by atoms with Gasteiger partial charge < -0.3 is 16.0 Å². The predicted molar refractivity (Wildman–Crippen MR) is 77.8 cm³/mol. The van der Waals surface area contributed by atoms with Crippen LogP contribution in [0.4, 0.5) is 5.69 Å². The van der Waals surface area contributed by atoms with Gasteiger partial charge in [-0.1, -0.05) is 12.1 Å². The topological polar surface area (TPSA) is 70.9 Å². The first-order valence-electron chi connectivity index (χ1n) is 6.04. The number of H-pyrrole nitrogens is 1. The summed E-state index contributed by atoms with van der Waals surface area (Å²) in [6.07, 6.45) is 2.79. The second-order valence-corrected chi connectivity index (χ2v) is 4.67. The highest BCUT2D eigenvalue weighted by atomic mass is 35.5. The molecule has 1 aromatic heterocycles. The van der Waals surface area contributed by atoms with Crippen LogP contribution in [0.15, 0.2) is 42.6 Å². The fraction of sp³-hybridized carbons (Fsp3) is 0.214. The molecule has 0 radical (unpaired) electrons. The Morgan fingerprint density at radius 3 is 2.47 bits per heavy atom. The first-order chi connectivity index (χ1) is 8.74. The summed E-state index contributed by atoms with van der Waals surface area (Å²) in [5.41, 5.74) is 8.42. The lowest BCUT2D eigenvalue weighted by atomic mass is 10.1. The Kier molecular flexibility index (Phi) is 3.93. The highest BCUT2D eigenvalue weighted by Gasteiger charge is 2.34. The molecule has 1 aliphatic rings. The quantitative estimate of drug-likeness (QED) is 0.807. The molecule has 100 valence electrons. The number of aromatic amines is 1. The molecule has 0 saturated heterocycles. The molecule has 4 nitrogen and oxygen atoms in total. The number of anilines is 1. The Hall–Kier alpha value is -1.78. The first-order valence-corrected chi connectivity index (χ1v) is 6.04. The van der Waals surface area contributed by atoms with Crippen molar-refractivity contribution in [3.63, 3.8) is 0 Å². The fourth-order valence-electron chi connectivity index (χ4n) is 2.08. The van der Waals surface area contributed by atoms with E-state index in [1.54, 1.807) is 18.3 Å². The van der Waals surface area contributed by atoms with Crippen molar-refractivity contribution in [1.82, 2.24) is 4.98 Å². The van der Waals surface area contributed by atoms with Crippen LogP contribution in [0.25, 0.3) is 0 Å². The van der Waals surface area contributed by atoms with E-state index in [1.807, 2.05) is 24.3 Å². The lowest BCUT2D eigenvalue weighted by molar-refractivity contribution is 0.102. The number of hydrogen-bond donors (Lipinski definition) is 3. The van der Waals surface area contributed by atoms with Crippen LogP contribution in [-0.4, -0.2) is 16.9 Å². The van der Waals surface area contributed by atoms with Crippen molar-refractivity contribution in [2.75, 3.05) is 5.32 Å². The fourth-order valence-corrected chi connectivity index (χ4v) is 2.08. The Balaban J connectivity index is 0.00000133. The number of halogens is 1. The van der Waals surface area contributed by atoms with Gasteiger partial charge in [0.1, 0.15) is 5.69 Å².